The lowest BCUT2D eigenvalue weighted by Gasteiger charge is -2.14. The van der Waals surface area contributed by atoms with Gasteiger partial charge in [0.2, 0.25) is 0 Å². The zero-order valence-electron chi connectivity index (χ0n) is 12.6. The van der Waals surface area contributed by atoms with Crippen LogP contribution in [0.2, 0.25) is 0 Å². The van der Waals surface area contributed by atoms with Crippen LogP contribution in [0.3, 0.4) is 0 Å². The molecule has 0 bridgehead atoms. The van der Waals surface area contributed by atoms with Gasteiger partial charge < -0.3 is 5.32 Å². The molecular formula is C14H16N6OS. The number of aryl methyl sites for hydroxylation is 2. The number of nitrogens with one attached hydrogen (secondary N) is 1. The Kier molecular flexibility index (Phi) is 3.84. The molecule has 0 saturated carbocycles. The first kappa shape index (κ1) is 14.6. The highest BCUT2D eigenvalue weighted by Crippen LogP contribution is 2.25. The molecule has 114 valence electrons. The predicted molar refractivity (Wildman–Crippen MR) is 82.9 cm³/mol. The number of carbonyl (C=O) groups is 1. The standard InChI is InChI=1S/C14H16N6OS/c1-4-11(14-15-8(2)9(3)22-14)16-13(21)10-5-6-12-17-18-19-20(12)7-10/h5-7,11H,4H2,1-3H3,(H,16,21)/t11-/m1/s1. The summed E-state index contributed by atoms with van der Waals surface area (Å²) in [6, 6.07) is 3.34. The molecule has 3 heterocycles. The van der Waals surface area contributed by atoms with E-state index in [1.54, 1.807) is 29.7 Å². The van der Waals surface area contributed by atoms with Crippen LogP contribution >= 0.6 is 11.3 Å². The summed E-state index contributed by atoms with van der Waals surface area (Å²) >= 11 is 1.62. The second-order valence-corrected chi connectivity index (χ2v) is 6.26. The average molecular weight is 316 g/mol. The summed E-state index contributed by atoms with van der Waals surface area (Å²) in [4.78, 5) is 18.1. The van der Waals surface area contributed by atoms with E-state index in [1.165, 1.54) is 9.39 Å². The van der Waals surface area contributed by atoms with Crippen LogP contribution in [0.5, 0.6) is 0 Å². The van der Waals surface area contributed by atoms with Crippen molar-refractivity contribution in [2.24, 2.45) is 0 Å². The molecule has 1 atom stereocenters. The van der Waals surface area contributed by atoms with E-state index in [4.69, 9.17) is 0 Å². The van der Waals surface area contributed by atoms with Gasteiger partial charge in [-0.05, 0) is 42.8 Å². The van der Waals surface area contributed by atoms with Crippen LogP contribution in [0.25, 0.3) is 5.65 Å². The fourth-order valence-corrected chi connectivity index (χ4v) is 3.16. The summed E-state index contributed by atoms with van der Waals surface area (Å²) in [6.07, 6.45) is 2.40. The Hall–Kier alpha value is -2.35. The third-order valence-corrected chi connectivity index (χ3v) is 4.70. The summed E-state index contributed by atoms with van der Waals surface area (Å²) in [5, 5.41) is 15.1. The number of thiazole rings is 1. The van der Waals surface area contributed by atoms with Crippen molar-refractivity contribution in [3.63, 3.8) is 0 Å². The predicted octanol–water partition coefficient (Wildman–Crippen LogP) is 2.08. The molecule has 0 unspecified atom stereocenters. The van der Waals surface area contributed by atoms with Gasteiger partial charge in [-0.2, -0.15) is 4.52 Å². The topological polar surface area (TPSA) is 85.1 Å². The smallest absolute Gasteiger partial charge is 0.253 e. The summed E-state index contributed by atoms with van der Waals surface area (Å²) in [7, 11) is 0. The molecule has 22 heavy (non-hydrogen) atoms. The van der Waals surface area contributed by atoms with Gasteiger partial charge in [0.15, 0.2) is 5.65 Å². The molecule has 0 aliphatic carbocycles. The minimum Gasteiger partial charge on any atom is -0.343 e. The largest absolute Gasteiger partial charge is 0.343 e. The van der Waals surface area contributed by atoms with Gasteiger partial charge in [-0.3, -0.25) is 4.79 Å². The van der Waals surface area contributed by atoms with E-state index < -0.39 is 0 Å². The summed E-state index contributed by atoms with van der Waals surface area (Å²) < 4.78 is 1.48. The van der Waals surface area contributed by atoms with Crippen LogP contribution in [-0.2, 0) is 0 Å². The zero-order chi connectivity index (χ0) is 15.7. The van der Waals surface area contributed by atoms with E-state index in [1.807, 2.05) is 20.8 Å². The van der Waals surface area contributed by atoms with E-state index in [0.29, 0.717) is 11.2 Å². The SMILES string of the molecule is CC[C@@H](NC(=O)c1ccc2nnnn2c1)c1nc(C)c(C)s1. The Balaban J connectivity index is 1.81. The van der Waals surface area contributed by atoms with Crippen LogP contribution in [0.4, 0.5) is 0 Å². The van der Waals surface area contributed by atoms with Crippen LogP contribution < -0.4 is 5.32 Å². The molecule has 0 aliphatic rings. The quantitative estimate of drug-likeness (QED) is 0.796. The summed E-state index contributed by atoms with van der Waals surface area (Å²) in [6.45, 7) is 6.05. The summed E-state index contributed by atoms with van der Waals surface area (Å²) in [5.41, 5.74) is 2.14. The second-order valence-electron chi connectivity index (χ2n) is 5.03. The number of tetrazole rings is 1. The number of fused-ring (bicyclic) bond motifs is 1. The third kappa shape index (κ3) is 2.69. The number of hydrogen-bond acceptors (Lipinski definition) is 6. The number of carbonyl (C=O) groups excluding carboxylic acids is 1. The van der Waals surface area contributed by atoms with E-state index in [-0.39, 0.29) is 11.9 Å². The summed E-state index contributed by atoms with van der Waals surface area (Å²) in [5.74, 6) is -0.158. The van der Waals surface area contributed by atoms with E-state index >= 15 is 0 Å². The van der Waals surface area contributed by atoms with Gasteiger partial charge in [-0.1, -0.05) is 6.92 Å². The molecule has 0 saturated heterocycles. The lowest BCUT2D eigenvalue weighted by Crippen LogP contribution is -2.28. The molecule has 0 spiro atoms. The number of amides is 1. The second kappa shape index (κ2) is 5.80. The molecule has 3 aromatic rings. The van der Waals surface area contributed by atoms with Gasteiger partial charge >= 0.3 is 0 Å². The van der Waals surface area contributed by atoms with E-state index in [0.717, 1.165) is 17.1 Å². The molecular weight excluding hydrogens is 300 g/mol. The minimum absolute atomic E-state index is 0.0885. The minimum atomic E-state index is -0.158. The fourth-order valence-electron chi connectivity index (χ4n) is 2.10. The molecule has 3 rings (SSSR count). The Labute approximate surface area is 131 Å². The van der Waals surface area contributed by atoms with E-state index in [9.17, 15) is 4.79 Å². The highest BCUT2D eigenvalue weighted by molar-refractivity contribution is 7.11. The highest BCUT2D eigenvalue weighted by atomic mass is 32.1. The maximum atomic E-state index is 12.4. The molecule has 0 radical (unpaired) electrons. The maximum absolute atomic E-state index is 12.4. The molecule has 0 aliphatic heterocycles. The first-order valence-electron chi connectivity index (χ1n) is 7.01. The van der Waals surface area contributed by atoms with Gasteiger partial charge in [-0.25, -0.2) is 4.98 Å². The number of nitrogens with zero attached hydrogens (tertiary/aromatic N) is 5. The van der Waals surface area contributed by atoms with Gasteiger partial charge in [0, 0.05) is 11.1 Å². The van der Waals surface area contributed by atoms with Crippen molar-refractivity contribution in [2.75, 3.05) is 0 Å². The lowest BCUT2D eigenvalue weighted by atomic mass is 10.2. The first-order valence-corrected chi connectivity index (χ1v) is 7.82. The van der Waals surface area contributed by atoms with Crippen molar-refractivity contribution in [1.82, 2.24) is 30.3 Å². The molecule has 3 aromatic heterocycles. The Morgan fingerprint density at radius 2 is 2.23 bits per heavy atom. The van der Waals surface area contributed by atoms with Gasteiger partial charge in [-0.15, -0.1) is 16.4 Å². The molecule has 7 nitrogen and oxygen atoms in total. The maximum Gasteiger partial charge on any atom is 0.253 e. The molecule has 8 heteroatoms. The first-order chi connectivity index (χ1) is 10.6. The third-order valence-electron chi connectivity index (χ3n) is 3.51. The Morgan fingerprint density at radius 1 is 1.41 bits per heavy atom. The van der Waals surface area contributed by atoms with Crippen LogP contribution in [0, 0.1) is 13.8 Å². The van der Waals surface area contributed by atoms with Gasteiger partial charge in [0.25, 0.3) is 5.91 Å². The van der Waals surface area contributed by atoms with Crippen molar-refractivity contribution < 1.29 is 4.79 Å². The molecule has 0 aromatic carbocycles. The molecule has 1 N–H and O–H groups in total. The number of hydrogen-bond donors (Lipinski definition) is 1. The van der Waals surface area contributed by atoms with Crippen molar-refractivity contribution >= 4 is 22.9 Å². The number of rotatable bonds is 4. The number of pyridine rings is 1. The van der Waals surface area contributed by atoms with Crippen LogP contribution in [0.1, 0.15) is 45.3 Å². The highest BCUT2D eigenvalue weighted by Gasteiger charge is 2.18. The monoisotopic (exact) mass is 316 g/mol. The Morgan fingerprint density at radius 3 is 2.91 bits per heavy atom. The van der Waals surface area contributed by atoms with Crippen LogP contribution in [0.15, 0.2) is 18.3 Å². The lowest BCUT2D eigenvalue weighted by molar-refractivity contribution is 0.0935. The van der Waals surface area contributed by atoms with Crippen molar-refractivity contribution in [3.05, 3.63) is 39.5 Å². The van der Waals surface area contributed by atoms with Gasteiger partial charge in [0.1, 0.15) is 5.01 Å². The number of aromatic nitrogens is 5. The fraction of sp³-hybridized carbons (Fsp3) is 0.357. The van der Waals surface area contributed by atoms with Crippen molar-refractivity contribution in [3.8, 4) is 0 Å². The van der Waals surface area contributed by atoms with Crippen molar-refractivity contribution in [2.45, 2.75) is 33.2 Å². The average Bonchev–Trinajstić information content (AvgIpc) is 3.10. The molecule has 1 amide bonds. The molecule has 0 fully saturated rings. The Bertz CT molecular complexity index is 804. The zero-order valence-corrected chi connectivity index (χ0v) is 13.4. The van der Waals surface area contributed by atoms with E-state index in [2.05, 4.69) is 25.8 Å². The van der Waals surface area contributed by atoms with Crippen molar-refractivity contribution in [1.29, 1.82) is 0 Å². The van der Waals surface area contributed by atoms with Gasteiger partial charge in [0.05, 0.1) is 17.3 Å². The van der Waals surface area contributed by atoms with Crippen LogP contribution in [-0.4, -0.2) is 30.9 Å². The normalized spacial score (nSPS) is 12.5.